The lowest BCUT2D eigenvalue weighted by Gasteiger charge is -2.39. The van der Waals surface area contributed by atoms with E-state index < -0.39 is 0 Å². The number of nitrogens with one attached hydrogen (secondary N) is 1. The molecule has 1 saturated carbocycles. The van der Waals surface area contributed by atoms with E-state index in [0.29, 0.717) is 11.5 Å². The second-order valence-electron chi connectivity index (χ2n) is 6.70. The van der Waals surface area contributed by atoms with Gasteiger partial charge in [-0.1, -0.05) is 69.9 Å². The van der Waals surface area contributed by atoms with Crippen LogP contribution in [0, 0.1) is 5.92 Å². The zero-order valence-electron chi connectivity index (χ0n) is 13.5. The lowest BCUT2D eigenvalue weighted by atomic mass is 9.70. The highest BCUT2D eigenvalue weighted by Crippen LogP contribution is 2.45. The summed E-state index contributed by atoms with van der Waals surface area (Å²) in [5.74, 6) is 0.818. The maximum absolute atomic E-state index is 3.67. The van der Waals surface area contributed by atoms with Gasteiger partial charge in [-0.25, -0.2) is 0 Å². The van der Waals surface area contributed by atoms with Gasteiger partial charge in [0.15, 0.2) is 0 Å². The number of rotatable bonds is 7. The molecule has 1 fully saturated rings. The minimum atomic E-state index is 0.373. The Morgan fingerprint density at radius 2 is 1.80 bits per heavy atom. The molecule has 1 aliphatic carbocycles. The van der Waals surface area contributed by atoms with E-state index in [1.165, 1.54) is 44.9 Å². The molecule has 0 aromatic heterocycles. The summed E-state index contributed by atoms with van der Waals surface area (Å²) in [6.07, 6.45) is 9.42. The fourth-order valence-electron chi connectivity index (χ4n) is 4.25. The van der Waals surface area contributed by atoms with Gasteiger partial charge in [0, 0.05) is 11.5 Å². The van der Waals surface area contributed by atoms with Crippen LogP contribution in [-0.2, 0) is 5.41 Å². The lowest BCUT2D eigenvalue weighted by molar-refractivity contribution is 0.259. The van der Waals surface area contributed by atoms with Crippen LogP contribution >= 0.6 is 0 Å². The molecule has 1 heteroatoms. The Balaban J connectivity index is 2.22. The molecule has 0 amide bonds. The monoisotopic (exact) mass is 273 g/mol. The van der Waals surface area contributed by atoms with Crippen molar-refractivity contribution in [1.82, 2.24) is 5.32 Å². The van der Waals surface area contributed by atoms with Crippen molar-refractivity contribution in [3.05, 3.63) is 35.9 Å². The van der Waals surface area contributed by atoms with Gasteiger partial charge < -0.3 is 5.32 Å². The van der Waals surface area contributed by atoms with Crippen LogP contribution in [0.4, 0.5) is 0 Å². The van der Waals surface area contributed by atoms with E-state index in [1.807, 2.05) is 0 Å². The summed E-state index contributed by atoms with van der Waals surface area (Å²) in [5, 5.41) is 3.67. The first kappa shape index (κ1) is 15.6. The Bertz CT molecular complexity index is 378. The average Bonchev–Trinajstić information content (AvgIpc) is 2.96. The molecule has 0 aliphatic heterocycles. The number of hydrogen-bond donors (Lipinski definition) is 1. The van der Waals surface area contributed by atoms with Crippen molar-refractivity contribution in [3.8, 4) is 0 Å². The van der Waals surface area contributed by atoms with Gasteiger partial charge in [0.05, 0.1) is 0 Å². The van der Waals surface area contributed by atoms with E-state index in [9.17, 15) is 0 Å². The van der Waals surface area contributed by atoms with E-state index in [1.54, 1.807) is 5.56 Å². The SMILES string of the molecule is CCCC(C)CC(NC)C1(c2ccccc2)CCCC1. The fraction of sp³-hybridized carbons (Fsp3) is 0.684. The van der Waals surface area contributed by atoms with E-state index in [-0.39, 0.29) is 0 Å². The summed E-state index contributed by atoms with van der Waals surface area (Å²) in [4.78, 5) is 0. The Labute approximate surface area is 125 Å². The Morgan fingerprint density at radius 3 is 2.35 bits per heavy atom. The first-order chi connectivity index (χ1) is 9.73. The van der Waals surface area contributed by atoms with Gasteiger partial charge in [-0.2, -0.15) is 0 Å². The molecule has 0 radical (unpaired) electrons. The van der Waals surface area contributed by atoms with Crippen LogP contribution in [0.2, 0.25) is 0 Å². The largest absolute Gasteiger partial charge is 0.316 e. The summed E-state index contributed by atoms with van der Waals surface area (Å²) < 4.78 is 0. The molecule has 1 nitrogen and oxygen atoms in total. The van der Waals surface area contributed by atoms with Gasteiger partial charge in [-0.05, 0) is 37.8 Å². The maximum Gasteiger partial charge on any atom is 0.0163 e. The summed E-state index contributed by atoms with van der Waals surface area (Å²) in [6.45, 7) is 4.72. The highest BCUT2D eigenvalue weighted by Gasteiger charge is 2.42. The quantitative estimate of drug-likeness (QED) is 0.744. The molecular formula is C19H31N. The molecule has 2 unspecified atom stereocenters. The zero-order valence-corrected chi connectivity index (χ0v) is 13.5. The Kier molecular flexibility index (Phi) is 5.65. The van der Waals surface area contributed by atoms with Gasteiger partial charge in [-0.3, -0.25) is 0 Å². The molecule has 0 spiro atoms. The first-order valence-electron chi connectivity index (χ1n) is 8.45. The minimum Gasteiger partial charge on any atom is -0.316 e. The zero-order chi connectivity index (χ0) is 14.4. The molecule has 2 rings (SSSR count). The van der Waals surface area contributed by atoms with Gasteiger partial charge in [0.1, 0.15) is 0 Å². The van der Waals surface area contributed by atoms with Crippen molar-refractivity contribution in [2.24, 2.45) is 5.92 Å². The van der Waals surface area contributed by atoms with Crippen molar-refractivity contribution < 1.29 is 0 Å². The molecule has 1 N–H and O–H groups in total. The van der Waals surface area contributed by atoms with Gasteiger partial charge in [0.2, 0.25) is 0 Å². The lowest BCUT2D eigenvalue weighted by Crippen LogP contribution is -2.46. The number of likely N-dealkylation sites (N-methyl/N-ethyl adjacent to an activating group) is 1. The summed E-state index contributed by atoms with van der Waals surface area (Å²) in [5.41, 5.74) is 1.93. The molecule has 2 atom stereocenters. The number of benzene rings is 1. The van der Waals surface area contributed by atoms with E-state index >= 15 is 0 Å². The minimum absolute atomic E-state index is 0.373. The predicted octanol–water partition coefficient (Wildman–Crippen LogP) is 4.91. The molecule has 20 heavy (non-hydrogen) atoms. The van der Waals surface area contributed by atoms with Gasteiger partial charge in [-0.15, -0.1) is 0 Å². The molecule has 0 bridgehead atoms. The topological polar surface area (TPSA) is 12.0 Å². The van der Waals surface area contributed by atoms with Gasteiger partial charge in [0.25, 0.3) is 0 Å². The highest BCUT2D eigenvalue weighted by molar-refractivity contribution is 5.29. The highest BCUT2D eigenvalue weighted by atomic mass is 14.9. The normalized spacial score (nSPS) is 20.8. The first-order valence-corrected chi connectivity index (χ1v) is 8.45. The van der Waals surface area contributed by atoms with Crippen LogP contribution in [0.25, 0.3) is 0 Å². The Morgan fingerprint density at radius 1 is 1.15 bits per heavy atom. The summed E-state index contributed by atoms with van der Waals surface area (Å²) >= 11 is 0. The molecule has 0 heterocycles. The average molecular weight is 273 g/mol. The van der Waals surface area contributed by atoms with E-state index in [0.717, 1.165) is 5.92 Å². The number of hydrogen-bond acceptors (Lipinski definition) is 1. The summed E-state index contributed by atoms with van der Waals surface area (Å²) in [6, 6.07) is 11.9. The second-order valence-corrected chi connectivity index (χ2v) is 6.70. The smallest absolute Gasteiger partial charge is 0.0163 e. The predicted molar refractivity (Wildman–Crippen MR) is 88.1 cm³/mol. The van der Waals surface area contributed by atoms with Crippen molar-refractivity contribution in [2.75, 3.05) is 7.05 Å². The Hall–Kier alpha value is -0.820. The molecule has 1 aromatic rings. The van der Waals surface area contributed by atoms with E-state index in [4.69, 9.17) is 0 Å². The van der Waals surface area contributed by atoms with Crippen LogP contribution in [0.15, 0.2) is 30.3 Å². The van der Waals surface area contributed by atoms with Crippen LogP contribution in [-0.4, -0.2) is 13.1 Å². The van der Waals surface area contributed by atoms with Crippen LogP contribution < -0.4 is 5.32 Å². The van der Waals surface area contributed by atoms with Gasteiger partial charge >= 0.3 is 0 Å². The third-order valence-corrected chi connectivity index (χ3v) is 5.28. The molecule has 1 aromatic carbocycles. The molecule has 0 saturated heterocycles. The fourth-order valence-corrected chi connectivity index (χ4v) is 4.25. The third-order valence-electron chi connectivity index (χ3n) is 5.28. The van der Waals surface area contributed by atoms with Crippen molar-refractivity contribution in [1.29, 1.82) is 0 Å². The maximum atomic E-state index is 3.67. The van der Waals surface area contributed by atoms with Crippen molar-refractivity contribution >= 4 is 0 Å². The van der Waals surface area contributed by atoms with E-state index in [2.05, 4.69) is 56.5 Å². The van der Waals surface area contributed by atoms with Crippen molar-refractivity contribution in [2.45, 2.75) is 70.3 Å². The van der Waals surface area contributed by atoms with Crippen molar-refractivity contribution in [3.63, 3.8) is 0 Å². The van der Waals surface area contributed by atoms with Crippen LogP contribution in [0.3, 0.4) is 0 Å². The standard InChI is InChI=1S/C19H31N/c1-4-10-16(2)15-18(20-3)19(13-8-9-14-19)17-11-6-5-7-12-17/h5-7,11-12,16,18,20H,4,8-10,13-15H2,1-3H3. The second kappa shape index (κ2) is 7.26. The molecular weight excluding hydrogens is 242 g/mol. The molecule has 112 valence electrons. The summed E-state index contributed by atoms with van der Waals surface area (Å²) in [7, 11) is 2.16. The molecule has 1 aliphatic rings. The van der Waals surface area contributed by atoms with Crippen LogP contribution in [0.1, 0.15) is 64.4 Å². The van der Waals surface area contributed by atoms with Crippen LogP contribution in [0.5, 0.6) is 0 Å². The third kappa shape index (κ3) is 3.25.